The van der Waals surface area contributed by atoms with Crippen LogP contribution in [0.5, 0.6) is 5.75 Å². The lowest BCUT2D eigenvalue weighted by Gasteiger charge is -2.27. The number of nitrogens with one attached hydrogen (secondary N) is 3. The maximum Gasteiger partial charge on any atom is 0.416 e. The van der Waals surface area contributed by atoms with Gasteiger partial charge < -0.3 is 25.8 Å². The normalized spacial score (nSPS) is 15.5. The van der Waals surface area contributed by atoms with Crippen molar-refractivity contribution in [2.75, 3.05) is 26.2 Å². The lowest BCUT2D eigenvalue weighted by Crippen LogP contribution is -2.50. The van der Waals surface area contributed by atoms with Gasteiger partial charge in [0, 0.05) is 55.5 Å². The Hall–Kier alpha value is -4.90. The van der Waals surface area contributed by atoms with Crippen molar-refractivity contribution in [3.05, 3.63) is 130 Å². The second-order valence-corrected chi connectivity index (χ2v) is 15.1. The van der Waals surface area contributed by atoms with Gasteiger partial charge in [-0.05, 0) is 55.2 Å². The highest BCUT2D eigenvalue weighted by Crippen LogP contribution is 2.29. The van der Waals surface area contributed by atoms with Gasteiger partial charge in [0.25, 0.3) is 11.8 Å². The molecule has 0 saturated carbocycles. The highest BCUT2D eigenvalue weighted by Gasteiger charge is 2.31. The van der Waals surface area contributed by atoms with Gasteiger partial charge in [-0.15, -0.1) is 0 Å². The second kappa shape index (κ2) is 18.2. The van der Waals surface area contributed by atoms with Crippen LogP contribution in [0.15, 0.2) is 95.9 Å². The van der Waals surface area contributed by atoms with E-state index < -0.39 is 70.0 Å². The summed E-state index contributed by atoms with van der Waals surface area (Å²) >= 11 is 0. The molecule has 1 heterocycles. The van der Waals surface area contributed by atoms with Gasteiger partial charge in [0.2, 0.25) is 10.0 Å². The molecule has 4 N–H and O–H groups in total. The molecule has 2 amide bonds. The second-order valence-electron chi connectivity index (χ2n) is 13.2. The van der Waals surface area contributed by atoms with Crippen LogP contribution in [-0.4, -0.2) is 68.0 Å². The predicted molar refractivity (Wildman–Crippen MR) is 194 cm³/mol. The Bertz CT molecular complexity index is 2040. The van der Waals surface area contributed by atoms with Crippen molar-refractivity contribution >= 4 is 21.8 Å². The molecule has 1 saturated heterocycles. The smallest absolute Gasteiger partial charge is 0.416 e. The summed E-state index contributed by atoms with van der Waals surface area (Å²) in [5.41, 5.74) is -0.199. The largest absolute Gasteiger partial charge is 0.491 e. The molecular weight excluding hydrogens is 748 g/mol. The number of sulfonamides is 1. The first-order chi connectivity index (χ1) is 26.1. The van der Waals surface area contributed by atoms with Crippen LogP contribution in [0.2, 0.25) is 0 Å². The Morgan fingerprint density at radius 3 is 2.11 bits per heavy atom. The molecule has 3 atom stereocenters. The van der Waals surface area contributed by atoms with Gasteiger partial charge in [-0.3, -0.25) is 9.59 Å². The summed E-state index contributed by atoms with van der Waals surface area (Å²) in [6.45, 7) is 1.31. The third-order valence-electron chi connectivity index (χ3n) is 9.01. The molecule has 1 aliphatic rings. The molecule has 16 heteroatoms. The number of carbonyl (C=O) groups is 2. The molecule has 0 unspecified atom stereocenters. The Morgan fingerprint density at radius 2 is 1.47 bits per heavy atom. The molecule has 0 bridgehead atoms. The molecule has 4 aromatic carbocycles. The van der Waals surface area contributed by atoms with Crippen LogP contribution in [0.1, 0.15) is 69.6 Å². The monoisotopic (exact) mass is 788 g/mol. The zero-order valence-electron chi connectivity index (χ0n) is 29.8. The maximum atomic E-state index is 13.9. The summed E-state index contributed by atoms with van der Waals surface area (Å²) in [4.78, 5) is 27.2. The summed E-state index contributed by atoms with van der Waals surface area (Å²) in [6, 6.07) is 17.7. The van der Waals surface area contributed by atoms with Gasteiger partial charge in [-0.25, -0.2) is 17.2 Å². The van der Waals surface area contributed by atoms with Crippen LogP contribution in [-0.2, 0) is 22.7 Å². The van der Waals surface area contributed by atoms with Gasteiger partial charge in [0.1, 0.15) is 24.0 Å². The topological polar surface area (TPSA) is 137 Å². The number of rotatable bonds is 15. The predicted octanol–water partition coefficient (Wildman–Crippen LogP) is 5.98. The lowest BCUT2D eigenvalue weighted by atomic mass is 10.1. The van der Waals surface area contributed by atoms with E-state index in [1.165, 1.54) is 28.6 Å². The number of hydrogen-bond donors (Lipinski definition) is 4. The number of halogens is 5. The SMILES string of the molecule is C[C@@H](NC(=O)c1cc(C(=O)N[C@@H](COc2cc(F)cc(F)c2)[C@H](O)CNCc2cccc(C(F)(F)F)c2)cc(S(=O)(=O)N2CCCCC2)c1)c1ccccc1. The van der Waals surface area contributed by atoms with E-state index in [1.807, 2.05) is 6.07 Å². The van der Waals surface area contributed by atoms with Crippen LogP contribution in [0.25, 0.3) is 0 Å². The summed E-state index contributed by atoms with van der Waals surface area (Å²) in [5, 5.41) is 19.4. The molecular formula is C39H41F5N4O6S. The number of ether oxygens (including phenoxy) is 1. The summed E-state index contributed by atoms with van der Waals surface area (Å²) in [6.07, 6.45) is -3.94. The zero-order chi connectivity index (χ0) is 39.8. The molecule has 1 aliphatic heterocycles. The van der Waals surface area contributed by atoms with E-state index in [0.29, 0.717) is 18.9 Å². The molecule has 5 rings (SSSR count). The fraction of sp³-hybridized carbons (Fsp3) is 0.333. The van der Waals surface area contributed by atoms with Gasteiger partial charge in [-0.1, -0.05) is 55.0 Å². The average molecular weight is 789 g/mol. The maximum absolute atomic E-state index is 13.9. The first-order valence-corrected chi connectivity index (χ1v) is 19.0. The van der Waals surface area contributed by atoms with Crippen molar-refractivity contribution in [2.45, 2.75) is 62.0 Å². The highest BCUT2D eigenvalue weighted by molar-refractivity contribution is 7.89. The molecule has 294 valence electrons. The van der Waals surface area contributed by atoms with Crippen LogP contribution in [0.4, 0.5) is 22.0 Å². The number of hydrogen-bond acceptors (Lipinski definition) is 7. The van der Waals surface area contributed by atoms with Crippen molar-refractivity contribution in [3.63, 3.8) is 0 Å². The standard InChI is InChI=1S/C39H41F5N4O6S/c1-25(27-10-4-2-5-11-27)46-37(50)28-16-29(18-34(17-28)55(52,53)48-13-6-3-7-14-48)38(51)47-35(24-54-33-20-31(40)19-32(41)21-33)36(49)23-45-22-26-9-8-12-30(15-26)39(42,43)44/h2,4-5,8-12,15-21,25,35-36,45,49H,3,6-7,13-14,22-24H2,1H3,(H,46,50)(H,47,51)/t25-,35+,36-/m1/s1. The van der Waals surface area contributed by atoms with E-state index in [4.69, 9.17) is 4.74 Å². The molecule has 0 aliphatic carbocycles. The third kappa shape index (κ3) is 11.3. The Balaban J connectivity index is 1.41. The molecule has 10 nitrogen and oxygen atoms in total. The summed E-state index contributed by atoms with van der Waals surface area (Å²) in [5.74, 6) is -3.73. The number of benzene rings is 4. The first-order valence-electron chi connectivity index (χ1n) is 17.6. The first kappa shape index (κ1) is 41.3. The van der Waals surface area contributed by atoms with Crippen molar-refractivity contribution in [1.29, 1.82) is 0 Å². The lowest BCUT2D eigenvalue weighted by molar-refractivity contribution is -0.137. The number of aliphatic hydroxyl groups excluding tert-OH is 1. The highest BCUT2D eigenvalue weighted by atomic mass is 32.2. The van der Waals surface area contributed by atoms with Crippen LogP contribution in [0, 0.1) is 11.6 Å². The summed E-state index contributed by atoms with van der Waals surface area (Å²) in [7, 11) is -4.16. The number of amides is 2. The number of aliphatic hydroxyl groups is 1. The number of piperidine rings is 1. The van der Waals surface area contributed by atoms with E-state index in [1.54, 1.807) is 31.2 Å². The molecule has 4 aromatic rings. The van der Waals surface area contributed by atoms with Crippen molar-refractivity contribution < 1.29 is 49.8 Å². The van der Waals surface area contributed by atoms with E-state index in [-0.39, 0.29) is 53.5 Å². The fourth-order valence-electron chi connectivity index (χ4n) is 6.03. The Labute approximate surface area is 315 Å². The van der Waals surface area contributed by atoms with Gasteiger partial charge in [0.05, 0.1) is 28.6 Å². The van der Waals surface area contributed by atoms with E-state index >= 15 is 0 Å². The Kier molecular flexibility index (Phi) is 13.6. The molecule has 1 fully saturated rings. The summed E-state index contributed by atoms with van der Waals surface area (Å²) < 4.78 is 102. The Morgan fingerprint density at radius 1 is 0.836 bits per heavy atom. The molecule has 0 spiro atoms. The van der Waals surface area contributed by atoms with Crippen molar-refractivity contribution in [1.82, 2.24) is 20.3 Å². The third-order valence-corrected chi connectivity index (χ3v) is 10.9. The van der Waals surface area contributed by atoms with Crippen LogP contribution >= 0.6 is 0 Å². The van der Waals surface area contributed by atoms with Gasteiger partial charge in [-0.2, -0.15) is 17.5 Å². The van der Waals surface area contributed by atoms with Gasteiger partial charge in [0.15, 0.2) is 0 Å². The molecule has 0 radical (unpaired) electrons. The van der Waals surface area contributed by atoms with Crippen molar-refractivity contribution in [3.8, 4) is 5.75 Å². The number of alkyl halides is 3. The molecule has 55 heavy (non-hydrogen) atoms. The van der Waals surface area contributed by atoms with E-state index in [2.05, 4.69) is 16.0 Å². The van der Waals surface area contributed by atoms with Crippen molar-refractivity contribution in [2.24, 2.45) is 0 Å². The fourth-order valence-corrected chi connectivity index (χ4v) is 7.62. The minimum atomic E-state index is -4.57. The zero-order valence-corrected chi connectivity index (χ0v) is 30.6. The van der Waals surface area contributed by atoms with Crippen LogP contribution < -0.4 is 20.7 Å². The molecule has 0 aromatic heterocycles. The number of nitrogens with zero attached hydrogens (tertiary/aromatic N) is 1. The quantitative estimate of drug-likeness (QED) is 0.109. The van der Waals surface area contributed by atoms with E-state index in [9.17, 15) is 45.1 Å². The number of carbonyl (C=O) groups excluding carboxylic acids is 2. The minimum Gasteiger partial charge on any atom is -0.491 e. The van der Waals surface area contributed by atoms with E-state index in [0.717, 1.165) is 42.3 Å². The average Bonchev–Trinajstić information content (AvgIpc) is 3.16. The van der Waals surface area contributed by atoms with Gasteiger partial charge >= 0.3 is 6.18 Å². The minimum absolute atomic E-state index is 0.103. The van der Waals surface area contributed by atoms with Crippen LogP contribution in [0.3, 0.4) is 0 Å².